The molecular weight excluding hydrogens is 1080 g/mol. The number of unbranched alkanes of at least 4 members (excludes halogenated alkanes) is 2. The SMILES string of the molecule is CCCCc1[nH]c(=O)c(S(=O)(=O)c2ccc(-n3cc(C)ccc3=O)cc2)c(O)c1N(CC)c1ccccc1.CCCCc1[nH]c(=O)c(S(=O)(=O)c2ccc(Br)cc2)c(O)c1N(CC)c1ccccc1.Cc1ccc(=O)[nH]c1. The van der Waals surface area contributed by atoms with Crippen LogP contribution in [0.25, 0.3) is 5.69 Å². The number of H-pyrrole nitrogens is 3. The van der Waals surface area contributed by atoms with Gasteiger partial charge in [-0.2, -0.15) is 0 Å². The number of hydrogen-bond acceptors (Lipinski definition) is 12. The van der Waals surface area contributed by atoms with Gasteiger partial charge >= 0.3 is 0 Å². The lowest BCUT2D eigenvalue weighted by Crippen LogP contribution is -2.25. The van der Waals surface area contributed by atoms with Crippen molar-refractivity contribution in [1.82, 2.24) is 19.5 Å². The molecule has 5 N–H and O–H groups in total. The van der Waals surface area contributed by atoms with Crippen molar-refractivity contribution in [1.29, 1.82) is 0 Å². The number of aromatic amines is 3. The molecule has 4 heterocycles. The Morgan fingerprint density at radius 2 is 0.974 bits per heavy atom. The maximum Gasteiger partial charge on any atom is 0.271 e. The molecule has 4 aromatic heterocycles. The largest absolute Gasteiger partial charge is 0.504 e. The van der Waals surface area contributed by atoms with Gasteiger partial charge in [-0.05, 0) is 137 Å². The highest BCUT2D eigenvalue weighted by Crippen LogP contribution is 2.42. The number of nitrogens with zero attached hydrogens (tertiary/aromatic N) is 3. The molecule has 0 bridgehead atoms. The lowest BCUT2D eigenvalue weighted by Gasteiger charge is -2.27. The number of para-hydroxylation sites is 2. The molecule has 0 saturated heterocycles. The highest BCUT2D eigenvalue weighted by Gasteiger charge is 2.33. The van der Waals surface area contributed by atoms with Gasteiger partial charge in [0, 0.05) is 70.5 Å². The number of nitrogens with one attached hydrogen (secondary N) is 3. The van der Waals surface area contributed by atoms with Crippen LogP contribution < -0.4 is 32.0 Å². The predicted octanol–water partition coefficient (Wildman–Crippen LogP) is 10.7. The molecule has 0 atom stereocenters. The summed E-state index contributed by atoms with van der Waals surface area (Å²) in [5.74, 6) is -1.10. The number of aromatic nitrogens is 4. The van der Waals surface area contributed by atoms with E-state index in [-0.39, 0.29) is 26.6 Å². The van der Waals surface area contributed by atoms with Crippen LogP contribution in [0.15, 0.2) is 189 Å². The summed E-state index contributed by atoms with van der Waals surface area (Å²) in [4.78, 5) is 58.8. The number of aryl methyl sites for hydroxylation is 4. The second-order valence-corrected chi connectivity index (χ2v) is 22.6. The molecule has 0 radical (unpaired) electrons. The van der Waals surface area contributed by atoms with Gasteiger partial charge in [-0.25, -0.2) is 16.8 Å². The van der Waals surface area contributed by atoms with Crippen LogP contribution in [0.4, 0.5) is 22.7 Å². The van der Waals surface area contributed by atoms with Crippen molar-refractivity contribution >= 4 is 58.4 Å². The molecule has 77 heavy (non-hydrogen) atoms. The van der Waals surface area contributed by atoms with Crippen molar-refractivity contribution in [3.63, 3.8) is 0 Å². The molecular formula is C58H63BrN6O10S2. The van der Waals surface area contributed by atoms with Crippen LogP contribution in [-0.2, 0) is 32.5 Å². The standard InChI is InChI=1S/C29H31N3O5S.C23H25BrN2O4S.C6H7NO/c1-4-6-12-24-26(31(5-2)21-10-8-7-9-11-21)27(34)28(29(35)30-24)38(36,37)23-16-14-22(15-17-23)32-19-20(3)13-18-25(32)33;1-3-5-11-19-20(26(4-2)17-9-7-6-8-10-17)21(27)22(23(28)25-19)31(29,30)18-14-12-16(24)13-15-18;1-5-2-3-6(8)7-4-5/h7-11,13-19H,4-6,12H2,1-3H3,(H2,30,34,35);6-10,12-15H,3-5,11H2,1-2H3,(H2,25,27,28);2-4H,1H3,(H,7,8). The molecule has 0 amide bonds. The molecule has 0 aliphatic rings. The Morgan fingerprint density at radius 3 is 1.36 bits per heavy atom. The van der Waals surface area contributed by atoms with E-state index in [1.165, 1.54) is 53.1 Å². The lowest BCUT2D eigenvalue weighted by atomic mass is 10.1. The van der Waals surface area contributed by atoms with E-state index in [1.54, 1.807) is 41.6 Å². The molecule has 0 spiro atoms. The van der Waals surface area contributed by atoms with Crippen molar-refractivity contribution in [2.75, 3.05) is 22.9 Å². The Morgan fingerprint density at radius 1 is 0.545 bits per heavy atom. The second-order valence-electron chi connectivity index (χ2n) is 17.9. The zero-order valence-electron chi connectivity index (χ0n) is 43.7. The monoisotopic (exact) mass is 1150 g/mol. The maximum atomic E-state index is 13.7. The Labute approximate surface area is 456 Å². The van der Waals surface area contributed by atoms with Crippen molar-refractivity contribution in [3.05, 3.63) is 214 Å². The van der Waals surface area contributed by atoms with E-state index in [0.717, 1.165) is 48.2 Å². The molecule has 0 aliphatic carbocycles. The fourth-order valence-electron chi connectivity index (χ4n) is 8.45. The number of sulfone groups is 2. The smallest absolute Gasteiger partial charge is 0.271 e. The van der Waals surface area contributed by atoms with Gasteiger partial charge in [-0.1, -0.05) is 91.1 Å². The van der Waals surface area contributed by atoms with Gasteiger partial charge in [0.25, 0.3) is 16.7 Å². The van der Waals surface area contributed by atoms with E-state index in [1.807, 2.05) is 107 Å². The summed E-state index contributed by atoms with van der Waals surface area (Å²) >= 11 is 3.28. The number of aromatic hydroxyl groups is 2. The number of rotatable bonds is 17. The third-order valence-corrected chi connectivity index (χ3v) is 16.5. The average Bonchev–Trinajstić information content (AvgIpc) is 3.42. The molecule has 0 fully saturated rings. The van der Waals surface area contributed by atoms with E-state index in [2.05, 4.69) is 30.9 Å². The number of halogens is 1. The summed E-state index contributed by atoms with van der Waals surface area (Å²) in [5.41, 5.74) is 3.56. The first-order valence-corrected chi connectivity index (χ1v) is 28.9. The van der Waals surface area contributed by atoms with E-state index in [4.69, 9.17) is 0 Å². The van der Waals surface area contributed by atoms with Gasteiger partial charge in [-0.15, -0.1) is 0 Å². The molecule has 0 aliphatic heterocycles. The number of pyridine rings is 4. The first kappa shape index (κ1) is 58.5. The normalized spacial score (nSPS) is 11.2. The summed E-state index contributed by atoms with van der Waals surface area (Å²) < 4.78 is 56.1. The van der Waals surface area contributed by atoms with Crippen LogP contribution in [0, 0.1) is 13.8 Å². The quantitative estimate of drug-likeness (QED) is 0.0573. The fraction of sp³-hybridized carbons (Fsp3) is 0.241. The Balaban J connectivity index is 0.000000221. The molecule has 0 unspecified atom stereocenters. The van der Waals surface area contributed by atoms with Crippen LogP contribution in [-0.4, -0.2) is 59.7 Å². The van der Waals surface area contributed by atoms with Crippen molar-refractivity contribution in [2.45, 2.75) is 99.6 Å². The van der Waals surface area contributed by atoms with Gasteiger partial charge in [0.05, 0.1) is 9.79 Å². The Hall–Kier alpha value is -7.74. The highest BCUT2D eigenvalue weighted by molar-refractivity contribution is 9.10. The van der Waals surface area contributed by atoms with Gasteiger partial charge < -0.3 is 35.0 Å². The van der Waals surface area contributed by atoms with Crippen LogP contribution >= 0.6 is 15.9 Å². The summed E-state index contributed by atoms with van der Waals surface area (Å²) in [6.07, 6.45) is 7.60. The van der Waals surface area contributed by atoms with Gasteiger partial charge in [0.15, 0.2) is 21.3 Å². The fourth-order valence-corrected chi connectivity index (χ4v) is 11.5. The molecule has 404 valence electrons. The lowest BCUT2D eigenvalue weighted by molar-refractivity contribution is 0.453. The number of anilines is 4. The van der Waals surface area contributed by atoms with Crippen LogP contribution in [0.2, 0.25) is 0 Å². The van der Waals surface area contributed by atoms with E-state index < -0.39 is 52.1 Å². The first-order chi connectivity index (χ1) is 36.8. The van der Waals surface area contributed by atoms with Crippen LogP contribution in [0.3, 0.4) is 0 Å². The third kappa shape index (κ3) is 13.8. The second kappa shape index (κ2) is 26.3. The maximum absolute atomic E-state index is 13.7. The highest BCUT2D eigenvalue weighted by atomic mass is 79.9. The average molecular weight is 1150 g/mol. The zero-order chi connectivity index (χ0) is 56.0. The minimum Gasteiger partial charge on any atom is -0.504 e. The summed E-state index contributed by atoms with van der Waals surface area (Å²) in [7, 11) is -8.65. The van der Waals surface area contributed by atoms with Gasteiger partial charge in [-0.3, -0.25) is 23.7 Å². The predicted molar refractivity (Wildman–Crippen MR) is 307 cm³/mol. The Bertz CT molecular complexity index is 3750. The third-order valence-electron chi connectivity index (χ3n) is 12.3. The summed E-state index contributed by atoms with van der Waals surface area (Å²) in [6.45, 7) is 12.5. The van der Waals surface area contributed by atoms with Crippen LogP contribution in [0.1, 0.15) is 75.9 Å². The minimum absolute atomic E-state index is 0.0457. The topological polar surface area (TPSA) is 236 Å². The number of benzene rings is 4. The molecule has 0 saturated carbocycles. The van der Waals surface area contributed by atoms with Gasteiger partial charge in [0.1, 0.15) is 11.4 Å². The summed E-state index contributed by atoms with van der Waals surface area (Å²) in [5, 5.41) is 22.6. The summed E-state index contributed by atoms with van der Waals surface area (Å²) in [6, 6.07) is 36.7. The number of hydrogen-bond donors (Lipinski definition) is 5. The van der Waals surface area contributed by atoms with E-state index >= 15 is 0 Å². The molecule has 4 aromatic carbocycles. The van der Waals surface area contributed by atoms with Crippen LogP contribution in [0.5, 0.6) is 11.5 Å². The van der Waals surface area contributed by atoms with Crippen molar-refractivity contribution < 1.29 is 27.0 Å². The Kier molecular flexibility index (Phi) is 20.0. The van der Waals surface area contributed by atoms with Crippen molar-refractivity contribution in [3.8, 4) is 17.2 Å². The molecule has 19 heteroatoms. The van der Waals surface area contributed by atoms with Crippen molar-refractivity contribution in [2.24, 2.45) is 0 Å². The zero-order valence-corrected chi connectivity index (χ0v) is 46.9. The first-order valence-electron chi connectivity index (χ1n) is 25.1. The molecule has 8 rings (SSSR count). The van der Waals surface area contributed by atoms with E-state index in [0.29, 0.717) is 53.2 Å². The molecule has 8 aromatic rings. The van der Waals surface area contributed by atoms with Gasteiger partial charge in [0.2, 0.25) is 25.2 Å². The van der Waals surface area contributed by atoms with E-state index in [9.17, 15) is 46.2 Å². The minimum atomic E-state index is -4.41. The molecule has 16 nitrogen and oxygen atoms in total.